The third-order valence-corrected chi connectivity index (χ3v) is 2.84. The van der Waals surface area contributed by atoms with Gasteiger partial charge in [0.05, 0.1) is 12.7 Å². The Bertz CT molecular complexity index is 487. The molecular formula is C9H6Cl2N2OS. The van der Waals surface area contributed by atoms with Crippen molar-refractivity contribution in [1.29, 1.82) is 0 Å². The molecular weight excluding hydrogens is 255 g/mol. The van der Waals surface area contributed by atoms with Gasteiger partial charge in [0.15, 0.2) is 5.82 Å². The minimum Gasteiger partial charge on any atom is -0.496 e. The van der Waals surface area contributed by atoms with Gasteiger partial charge in [-0.2, -0.15) is 4.37 Å². The molecule has 0 fully saturated rings. The summed E-state index contributed by atoms with van der Waals surface area (Å²) in [6.07, 6.45) is 0. The van der Waals surface area contributed by atoms with Crippen LogP contribution in [0, 0.1) is 0 Å². The average molecular weight is 261 g/mol. The molecule has 0 bridgehead atoms. The topological polar surface area (TPSA) is 35.0 Å². The van der Waals surface area contributed by atoms with Gasteiger partial charge in [0, 0.05) is 5.02 Å². The molecule has 0 unspecified atom stereocenters. The molecule has 6 heteroatoms. The van der Waals surface area contributed by atoms with Gasteiger partial charge in [0.25, 0.3) is 0 Å². The molecule has 1 aromatic heterocycles. The molecule has 0 saturated carbocycles. The monoisotopic (exact) mass is 260 g/mol. The first-order chi connectivity index (χ1) is 7.20. The fraction of sp³-hybridized carbons (Fsp3) is 0.111. The van der Waals surface area contributed by atoms with E-state index in [1.165, 1.54) is 0 Å². The summed E-state index contributed by atoms with van der Waals surface area (Å²) in [5, 5.41) is 0.608. The van der Waals surface area contributed by atoms with E-state index >= 15 is 0 Å². The molecule has 0 amide bonds. The summed E-state index contributed by atoms with van der Waals surface area (Å²) in [7, 11) is 1.57. The molecule has 0 atom stereocenters. The number of hydrogen-bond donors (Lipinski definition) is 0. The van der Waals surface area contributed by atoms with E-state index in [1.54, 1.807) is 25.3 Å². The molecule has 15 heavy (non-hydrogen) atoms. The molecule has 0 spiro atoms. The van der Waals surface area contributed by atoms with E-state index in [1.807, 2.05) is 0 Å². The summed E-state index contributed by atoms with van der Waals surface area (Å²) in [6, 6.07) is 5.28. The van der Waals surface area contributed by atoms with Crippen LogP contribution in [0.1, 0.15) is 0 Å². The van der Waals surface area contributed by atoms with Crippen molar-refractivity contribution in [2.75, 3.05) is 7.11 Å². The maximum absolute atomic E-state index is 5.84. The third kappa shape index (κ3) is 2.22. The number of rotatable bonds is 2. The number of benzene rings is 1. The predicted molar refractivity (Wildman–Crippen MR) is 61.9 cm³/mol. The first-order valence-electron chi connectivity index (χ1n) is 4.04. The lowest BCUT2D eigenvalue weighted by atomic mass is 10.2. The second-order valence-corrected chi connectivity index (χ2v) is 4.49. The van der Waals surface area contributed by atoms with Gasteiger partial charge in [0.2, 0.25) is 4.47 Å². The van der Waals surface area contributed by atoms with E-state index < -0.39 is 0 Å². The lowest BCUT2D eigenvalue weighted by Gasteiger charge is -2.05. The van der Waals surface area contributed by atoms with Crippen molar-refractivity contribution in [3.05, 3.63) is 27.7 Å². The lowest BCUT2D eigenvalue weighted by Crippen LogP contribution is -1.89. The van der Waals surface area contributed by atoms with E-state index in [9.17, 15) is 0 Å². The van der Waals surface area contributed by atoms with Gasteiger partial charge in [-0.25, -0.2) is 4.98 Å². The van der Waals surface area contributed by atoms with Gasteiger partial charge in [-0.15, -0.1) is 0 Å². The van der Waals surface area contributed by atoms with Gasteiger partial charge in [0.1, 0.15) is 5.75 Å². The smallest absolute Gasteiger partial charge is 0.203 e. The van der Waals surface area contributed by atoms with E-state index in [0.29, 0.717) is 21.1 Å². The van der Waals surface area contributed by atoms with E-state index in [0.717, 1.165) is 17.1 Å². The van der Waals surface area contributed by atoms with Crippen molar-refractivity contribution < 1.29 is 4.74 Å². The summed E-state index contributed by atoms with van der Waals surface area (Å²) < 4.78 is 9.69. The van der Waals surface area contributed by atoms with Crippen LogP contribution in [0.25, 0.3) is 11.4 Å². The van der Waals surface area contributed by atoms with Crippen molar-refractivity contribution in [2.45, 2.75) is 0 Å². The highest BCUT2D eigenvalue weighted by atomic mass is 35.5. The normalized spacial score (nSPS) is 10.3. The molecule has 2 aromatic rings. The van der Waals surface area contributed by atoms with Gasteiger partial charge in [-0.1, -0.05) is 11.6 Å². The van der Waals surface area contributed by atoms with Gasteiger partial charge >= 0.3 is 0 Å². The zero-order valence-corrected chi connectivity index (χ0v) is 10.0. The van der Waals surface area contributed by atoms with E-state index in [4.69, 9.17) is 27.9 Å². The number of ether oxygens (including phenoxy) is 1. The molecule has 0 N–H and O–H groups in total. The second kappa shape index (κ2) is 4.35. The molecule has 0 saturated heterocycles. The molecule has 0 aliphatic carbocycles. The fourth-order valence-electron chi connectivity index (χ4n) is 1.16. The van der Waals surface area contributed by atoms with Gasteiger partial charge in [-0.3, -0.25) is 0 Å². The highest BCUT2D eigenvalue weighted by molar-refractivity contribution is 7.10. The number of halogens is 2. The Balaban J connectivity index is 2.52. The molecule has 0 aliphatic heterocycles. The van der Waals surface area contributed by atoms with E-state index in [-0.39, 0.29) is 0 Å². The Hall–Kier alpha value is -0.840. The summed E-state index contributed by atoms with van der Waals surface area (Å²) in [5.41, 5.74) is 0.782. The standard InChI is InChI=1S/C9H6Cl2N2OS/c1-14-7-4-5(10)2-3-6(7)8-12-9(11)15-13-8/h2-4H,1H3. The zero-order valence-electron chi connectivity index (χ0n) is 7.70. The quantitative estimate of drug-likeness (QED) is 0.829. The minimum atomic E-state index is 0.405. The molecule has 0 aliphatic rings. The van der Waals surface area contributed by atoms with Crippen molar-refractivity contribution >= 4 is 34.7 Å². The molecule has 2 rings (SSSR count). The van der Waals surface area contributed by atoms with Crippen molar-refractivity contribution in [2.24, 2.45) is 0 Å². The first kappa shape index (κ1) is 10.7. The Labute approximate surface area is 101 Å². The summed E-state index contributed by atoms with van der Waals surface area (Å²) in [5.74, 6) is 1.19. The number of methoxy groups -OCH3 is 1. The predicted octanol–water partition coefficient (Wildman–Crippen LogP) is 3.52. The third-order valence-electron chi connectivity index (χ3n) is 1.81. The SMILES string of the molecule is COc1cc(Cl)ccc1-c1nsc(Cl)n1. The lowest BCUT2D eigenvalue weighted by molar-refractivity contribution is 0.416. The molecule has 1 heterocycles. The van der Waals surface area contributed by atoms with Gasteiger partial charge in [-0.05, 0) is 41.3 Å². The van der Waals surface area contributed by atoms with Crippen LogP contribution in [0.4, 0.5) is 0 Å². The second-order valence-electron chi connectivity index (χ2n) is 2.72. The summed E-state index contributed by atoms with van der Waals surface area (Å²) in [4.78, 5) is 4.07. The summed E-state index contributed by atoms with van der Waals surface area (Å²) >= 11 is 12.7. The highest BCUT2D eigenvalue weighted by Crippen LogP contribution is 2.31. The van der Waals surface area contributed by atoms with Crippen molar-refractivity contribution in [3.8, 4) is 17.1 Å². The van der Waals surface area contributed by atoms with Crippen LogP contribution in [0.3, 0.4) is 0 Å². The Kier molecular flexibility index (Phi) is 3.09. The summed E-state index contributed by atoms with van der Waals surface area (Å²) in [6.45, 7) is 0. The van der Waals surface area contributed by atoms with Crippen LogP contribution in [0.5, 0.6) is 5.75 Å². The molecule has 78 valence electrons. The van der Waals surface area contributed by atoms with Crippen LogP contribution >= 0.6 is 34.7 Å². The van der Waals surface area contributed by atoms with Crippen LogP contribution in [-0.2, 0) is 0 Å². The maximum Gasteiger partial charge on any atom is 0.203 e. The average Bonchev–Trinajstić information content (AvgIpc) is 2.64. The van der Waals surface area contributed by atoms with Crippen molar-refractivity contribution in [3.63, 3.8) is 0 Å². The fourth-order valence-corrected chi connectivity index (χ4v) is 1.94. The van der Waals surface area contributed by atoms with Crippen LogP contribution < -0.4 is 4.74 Å². The first-order valence-corrected chi connectivity index (χ1v) is 5.57. The minimum absolute atomic E-state index is 0.405. The molecule has 3 nitrogen and oxygen atoms in total. The van der Waals surface area contributed by atoms with Crippen LogP contribution in [0.2, 0.25) is 9.49 Å². The Morgan fingerprint density at radius 1 is 1.33 bits per heavy atom. The van der Waals surface area contributed by atoms with Crippen LogP contribution in [0.15, 0.2) is 18.2 Å². The molecule has 1 aromatic carbocycles. The highest BCUT2D eigenvalue weighted by Gasteiger charge is 2.11. The maximum atomic E-state index is 5.84. The Morgan fingerprint density at radius 3 is 2.73 bits per heavy atom. The number of aromatic nitrogens is 2. The number of nitrogens with zero attached hydrogens (tertiary/aromatic N) is 2. The van der Waals surface area contributed by atoms with Crippen LogP contribution in [-0.4, -0.2) is 16.5 Å². The van der Waals surface area contributed by atoms with Crippen molar-refractivity contribution in [1.82, 2.24) is 9.36 Å². The van der Waals surface area contributed by atoms with Gasteiger partial charge < -0.3 is 4.74 Å². The van der Waals surface area contributed by atoms with E-state index in [2.05, 4.69) is 9.36 Å². The Morgan fingerprint density at radius 2 is 2.13 bits per heavy atom. The number of hydrogen-bond acceptors (Lipinski definition) is 4. The largest absolute Gasteiger partial charge is 0.496 e. The zero-order chi connectivity index (χ0) is 10.8. The molecule has 0 radical (unpaired) electrons.